The van der Waals surface area contributed by atoms with E-state index in [4.69, 9.17) is 14.2 Å². The molecule has 0 unspecified atom stereocenters. The van der Waals surface area contributed by atoms with Gasteiger partial charge in [0.2, 0.25) is 5.91 Å². The molecule has 3 aliphatic heterocycles. The van der Waals surface area contributed by atoms with Crippen LogP contribution in [0.5, 0.6) is 17.2 Å². The van der Waals surface area contributed by atoms with Crippen molar-refractivity contribution in [2.75, 3.05) is 33.4 Å². The van der Waals surface area contributed by atoms with Crippen LogP contribution in [0.4, 0.5) is 0 Å². The van der Waals surface area contributed by atoms with Gasteiger partial charge in [-0.2, -0.15) is 0 Å². The Labute approximate surface area is 274 Å². The lowest BCUT2D eigenvalue weighted by Gasteiger charge is -2.22. The Hall–Kier alpha value is -4.99. The number of carbonyl (C=O) groups excluding carboxylic acids is 3. The minimum atomic E-state index is -3.85. The molecule has 47 heavy (non-hydrogen) atoms. The van der Waals surface area contributed by atoms with Crippen LogP contribution in [0.2, 0.25) is 0 Å². The number of pyridine rings is 1. The fraction of sp³-hybridized carbons (Fsp3) is 0.250. The van der Waals surface area contributed by atoms with Crippen molar-refractivity contribution < 1.29 is 37.0 Å². The zero-order chi connectivity index (χ0) is 33.0. The Morgan fingerprint density at radius 1 is 1.04 bits per heavy atom. The third kappa shape index (κ3) is 7.53. The molecule has 1 fully saturated rings. The van der Waals surface area contributed by atoms with Crippen molar-refractivity contribution in [1.29, 1.82) is 0 Å². The Balaban J connectivity index is 1.28. The van der Waals surface area contributed by atoms with Crippen LogP contribution in [0.1, 0.15) is 15.9 Å². The van der Waals surface area contributed by atoms with Gasteiger partial charge in [-0.1, -0.05) is 18.2 Å². The SMILES string of the molecule is COc1cc2ccc1CNC(=O)COc1cccc(c1)-c1cncc(c1)C(=O)N[C@H]1CN(C(=O)CNS(=O)(=O)c3cccs3)C[C@@H]1O2. The highest BCUT2D eigenvalue weighted by molar-refractivity contribution is 7.91. The molecule has 5 heterocycles. The van der Waals surface area contributed by atoms with Gasteiger partial charge in [-0.05, 0) is 47.3 Å². The molecule has 244 valence electrons. The van der Waals surface area contributed by atoms with Crippen molar-refractivity contribution in [2.24, 2.45) is 0 Å². The summed E-state index contributed by atoms with van der Waals surface area (Å²) in [6.07, 6.45) is 2.36. The minimum absolute atomic E-state index is 0.0731. The monoisotopic (exact) mass is 677 g/mol. The fourth-order valence-electron chi connectivity index (χ4n) is 5.24. The number of nitrogens with zero attached hydrogens (tertiary/aromatic N) is 2. The predicted molar refractivity (Wildman–Crippen MR) is 172 cm³/mol. The quantitative estimate of drug-likeness (QED) is 0.287. The largest absolute Gasteiger partial charge is 0.496 e. The van der Waals surface area contributed by atoms with Gasteiger partial charge in [0.05, 0.1) is 31.8 Å². The highest BCUT2D eigenvalue weighted by Gasteiger charge is 2.38. The number of ether oxygens (including phenoxy) is 3. The highest BCUT2D eigenvalue weighted by atomic mass is 32.2. The average molecular weight is 678 g/mol. The molecule has 0 spiro atoms. The molecule has 0 saturated carbocycles. The summed E-state index contributed by atoms with van der Waals surface area (Å²) in [5.41, 5.74) is 2.36. The number of carbonyl (C=O) groups is 3. The molecule has 0 radical (unpaired) electrons. The molecule has 3 amide bonds. The van der Waals surface area contributed by atoms with Crippen LogP contribution in [0.3, 0.4) is 0 Å². The molecular weight excluding hydrogens is 647 g/mol. The number of sulfonamides is 1. The number of hydrogen-bond donors (Lipinski definition) is 3. The number of aromatic nitrogens is 1. The molecule has 1 saturated heterocycles. The van der Waals surface area contributed by atoms with Crippen LogP contribution in [0.25, 0.3) is 11.1 Å². The summed E-state index contributed by atoms with van der Waals surface area (Å²) in [5, 5.41) is 7.44. The molecule has 6 bridgehead atoms. The number of nitrogens with one attached hydrogen (secondary N) is 3. The van der Waals surface area contributed by atoms with Gasteiger partial charge in [0.15, 0.2) is 6.61 Å². The second-order valence-electron chi connectivity index (χ2n) is 10.8. The Bertz CT molecular complexity index is 1900. The second-order valence-corrected chi connectivity index (χ2v) is 13.8. The first-order valence-corrected chi connectivity index (χ1v) is 16.9. The fourth-order valence-corrected chi connectivity index (χ4v) is 7.26. The van der Waals surface area contributed by atoms with Crippen LogP contribution in [-0.4, -0.2) is 81.5 Å². The first kappa shape index (κ1) is 32.0. The van der Waals surface area contributed by atoms with Gasteiger partial charge in [-0.25, -0.2) is 13.1 Å². The van der Waals surface area contributed by atoms with Crippen molar-refractivity contribution in [3.63, 3.8) is 0 Å². The zero-order valence-corrected chi connectivity index (χ0v) is 26.8. The number of fused-ring (bicyclic) bond motifs is 7. The standard InChI is InChI=1S/C32H31N5O8S2/c1-43-27-12-25-8-7-21(27)15-34-29(38)19-44-24-5-2-4-20(11-24)22-10-23(14-33-13-22)32(40)36-26-17-37(18-28(26)45-25)30(39)16-35-47(41,42)31-6-3-9-46-31/h2-14,26,28,35H,15-19H2,1H3,(H,34,38)(H,36,40)/t26-,28-/m0/s1. The maximum atomic E-state index is 13.6. The molecule has 13 nitrogen and oxygen atoms in total. The topological polar surface area (TPSA) is 165 Å². The maximum absolute atomic E-state index is 13.6. The van der Waals surface area contributed by atoms with Gasteiger partial charge in [0, 0.05) is 42.7 Å². The van der Waals surface area contributed by atoms with E-state index in [1.807, 2.05) is 6.07 Å². The van der Waals surface area contributed by atoms with Gasteiger partial charge in [-0.15, -0.1) is 11.3 Å². The van der Waals surface area contributed by atoms with E-state index < -0.39 is 40.5 Å². The van der Waals surface area contributed by atoms with E-state index in [0.29, 0.717) is 28.4 Å². The minimum Gasteiger partial charge on any atom is -0.496 e. The van der Waals surface area contributed by atoms with Crippen LogP contribution in [-0.2, 0) is 26.2 Å². The molecule has 2 aromatic carbocycles. The lowest BCUT2D eigenvalue weighted by molar-refractivity contribution is -0.129. The Morgan fingerprint density at radius 3 is 2.70 bits per heavy atom. The lowest BCUT2D eigenvalue weighted by atomic mass is 10.1. The van der Waals surface area contributed by atoms with Crippen LogP contribution in [0, 0.1) is 0 Å². The van der Waals surface area contributed by atoms with Crippen molar-refractivity contribution >= 4 is 39.1 Å². The summed E-state index contributed by atoms with van der Waals surface area (Å²) in [7, 11) is -2.36. The number of likely N-dealkylation sites (tertiary alicyclic amines) is 1. The van der Waals surface area contributed by atoms with E-state index in [-0.39, 0.29) is 41.9 Å². The molecule has 15 heteroatoms. The van der Waals surface area contributed by atoms with E-state index in [2.05, 4.69) is 20.3 Å². The van der Waals surface area contributed by atoms with Crippen molar-refractivity contribution in [3.05, 3.63) is 89.6 Å². The first-order chi connectivity index (χ1) is 22.7. The summed E-state index contributed by atoms with van der Waals surface area (Å²) in [6, 6.07) is 16.3. The summed E-state index contributed by atoms with van der Waals surface area (Å²) in [5.74, 6) is 0.102. The highest BCUT2D eigenvalue weighted by Crippen LogP contribution is 2.28. The third-order valence-corrected chi connectivity index (χ3v) is 10.5. The van der Waals surface area contributed by atoms with Crippen LogP contribution >= 0.6 is 11.3 Å². The van der Waals surface area contributed by atoms with Gasteiger partial charge >= 0.3 is 0 Å². The van der Waals surface area contributed by atoms with Gasteiger partial charge < -0.3 is 29.7 Å². The number of hydrogen-bond acceptors (Lipinski definition) is 10. The molecule has 4 aromatic rings. The van der Waals surface area contributed by atoms with E-state index in [1.165, 1.54) is 24.3 Å². The molecule has 7 rings (SSSR count). The normalized spacial score (nSPS) is 18.3. The molecule has 2 atom stereocenters. The Kier molecular flexibility index (Phi) is 9.38. The van der Waals surface area contributed by atoms with Gasteiger partial charge in [0.25, 0.3) is 21.8 Å². The van der Waals surface area contributed by atoms with Crippen LogP contribution in [0.15, 0.2) is 82.6 Å². The smallest absolute Gasteiger partial charge is 0.258 e. The van der Waals surface area contributed by atoms with E-state index in [0.717, 1.165) is 16.9 Å². The summed E-state index contributed by atoms with van der Waals surface area (Å²) in [4.78, 5) is 45.1. The van der Waals surface area contributed by atoms with Crippen molar-refractivity contribution in [3.8, 4) is 28.4 Å². The molecule has 2 aromatic heterocycles. The first-order valence-electron chi connectivity index (χ1n) is 14.6. The van der Waals surface area contributed by atoms with E-state index >= 15 is 0 Å². The number of methoxy groups -OCH3 is 1. The molecule has 3 aliphatic rings. The van der Waals surface area contributed by atoms with E-state index in [1.54, 1.807) is 60.1 Å². The van der Waals surface area contributed by atoms with Gasteiger partial charge in [0.1, 0.15) is 27.6 Å². The molecular formula is C32H31N5O8S2. The zero-order valence-electron chi connectivity index (χ0n) is 25.2. The van der Waals surface area contributed by atoms with Gasteiger partial charge in [-0.3, -0.25) is 19.4 Å². The van der Waals surface area contributed by atoms with Crippen molar-refractivity contribution in [2.45, 2.75) is 22.9 Å². The number of thiophene rings is 1. The molecule has 0 aliphatic carbocycles. The average Bonchev–Trinajstić information content (AvgIpc) is 3.77. The lowest BCUT2D eigenvalue weighted by Crippen LogP contribution is -2.45. The third-order valence-electron chi connectivity index (χ3n) is 7.67. The van der Waals surface area contributed by atoms with E-state index in [9.17, 15) is 22.8 Å². The Morgan fingerprint density at radius 2 is 1.89 bits per heavy atom. The number of rotatable bonds is 5. The van der Waals surface area contributed by atoms with Crippen molar-refractivity contribution in [1.82, 2.24) is 25.2 Å². The summed E-state index contributed by atoms with van der Waals surface area (Å²) in [6.45, 7) is -0.340. The second kappa shape index (κ2) is 13.8. The van der Waals surface area contributed by atoms with Crippen LogP contribution < -0.4 is 29.6 Å². The summed E-state index contributed by atoms with van der Waals surface area (Å²) >= 11 is 1.05. The predicted octanol–water partition coefficient (Wildman–Crippen LogP) is 2.19. The summed E-state index contributed by atoms with van der Waals surface area (Å²) < 4.78 is 45.3. The molecule has 3 N–H and O–H groups in total. The number of amides is 3. The number of benzene rings is 2. The maximum Gasteiger partial charge on any atom is 0.258 e.